The standard InChI is InChI=1S/C27H22FN3O7S2/c1-35-18-11-15(12-19(36-2)24(18)37-3)21-20(22(32)17-5-4-10-38-17)23(33)25(34)31(21)26-29-30-27(40-26)39-13-14-6-8-16(28)9-7-14/h4-12,21,33H,13H2,1-3H3. The monoisotopic (exact) mass is 583 g/mol. The lowest BCUT2D eigenvalue weighted by Crippen LogP contribution is -2.31. The number of carbonyl (C=O) groups is 2. The minimum absolute atomic E-state index is 0.0542. The van der Waals surface area contributed by atoms with Gasteiger partial charge < -0.3 is 23.7 Å². The number of ether oxygens (including phenoxy) is 3. The van der Waals surface area contributed by atoms with Crippen molar-refractivity contribution in [2.45, 2.75) is 16.1 Å². The second-order valence-corrected chi connectivity index (χ2v) is 10.5. The summed E-state index contributed by atoms with van der Waals surface area (Å²) < 4.78 is 35.4. The third-order valence-electron chi connectivity index (χ3n) is 6.08. The van der Waals surface area contributed by atoms with Gasteiger partial charge in [-0.1, -0.05) is 35.2 Å². The molecule has 1 atom stereocenters. The van der Waals surface area contributed by atoms with E-state index in [2.05, 4.69) is 10.2 Å². The van der Waals surface area contributed by atoms with Gasteiger partial charge in [-0.3, -0.25) is 14.5 Å². The van der Waals surface area contributed by atoms with Crippen LogP contribution in [0.4, 0.5) is 9.52 Å². The smallest absolute Gasteiger partial charge is 0.296 e. The van der Waals surface area contributed by atoms with E-state index < -0.39 is 23.5 Å². The third-order valence-corrected chi connectivity index (χ3v) is 8.20. The average Bonchev–Trinajstić information content (AvgIpc) is 3.72. The number of anilines is 1. The van der Waals surface area contributed by atoms with Crippen LogP contribution in [-0.4, -0.2) is 48.3 Å². The van der Waals surface area contributed by atoms with E-state index in [0.717, 1.165) is 16.9 Å². The number of halogens is 1. The lowest BCUT2D eigenvalue weighted by molar-refractivity contribution is -0.117. The molecule has 10 nitrogen and oxygen atoms in total. The highest BCUT2D eigenvalue weighted by Gasteiger charge is 2.47. The summed E-state index contributed by atoms with van der Waals surface area (Å²) in [7, 11) is 4.34. The Morgan fingerprint density at radius 1 is 1.10 bits per heavy atom. The zero-order valence-electron chi connectivity index (χ0n) is 21.4. The fourth-order valence-electron chi connectivity index (χ4n) is 4.23. The number of benzene rings is 2. The molecule has 0 bridgehead atoms. The molecule has 0 radical (unpaired) electrons. The lowest BCUT2D eigenvalue weighted by atomic mass is 9.94. The number of Topliss-reactive ketones (excluding diaryl/α,β-unsaturated/α-hetero) is 1. The van der Waals surface area contributed by atoms with Gasteiger partial charge in [-0.2, -0.15) is 0 Å². The predicted molar refractivity (Wildman–Crippen MR) is 145 cm³/mol. The van der Waals surface area contributed by atoms with Gasteiger partial charge in [0, 0.05) is 5.75 Å². The van der Waals surface area contributed by atoms with Gasteiger partial charge in [0.05, 0.1) is 39.2 Å². The number of aliphatic hydroxyl groups is 1. The number of hydrogen-bond donors (Lipinski definition) is 1. The maximum absolute atomic E-state index is 13.5. The summed E-state index contributed by atoms with van der Waals surface area (Å²) in [6.07, 6.45) is 1.32. The Morgan fingerprint density at radius 3 is 2.40 bits per heavy atom. The summed E-state index contributed by atoms with van der Waals surface area (Å²) in [6, 6.07) is 11.1. The fraction of sp³-hybridized carbons (Fsp3) is 0.185. The molecule has 0 saturated heterocycles. The number of thioether (sulfide) groups is 1. The van der Waals surface area contributed by atoms with E-state index in [1.54, 1.807) is 24.3 Å². The molecule has 206 valence electrons. The van der Waals surface area contributed by atoms with Crippen molar-refractivity contribution < 1.29 is 37.7 Å². The van der Waals surface area contributed by atoms with E-state index in [1.807, 2.05) is 0 Å². The molecule has 2 aromatic carbocycles. The van der Waals surface area contributed by atoms with E-state index in [0.29, 0.717) is 21.4 Å². The number of furan rings is 1. The molecule has 40 heavy (non-hydrogen) atoms. The zero-order valence-corrected chi connectivity index (χ0v) is 23.0. The Labute approximate surface area is 236 Å². The molecule has 1 N–H and O–H groups in total. The van der Waals surface area contributed by atoms with E-state index in [1.165, 1.54) is 68.5 Å². The molecule has 1 amide bonds. The first-order valence-electron chi connectivity index (χ1n) is 11.7. The largest absolute Gasteiger partial charge is 0.503 e. The Kier molecular flexibility index (Phi) is 7.76. The second-order valence-electron chi connectivity index (χ2n) is 8.37. The Morgan fingerprint density at radius 2 is 1.80 bits per heavy atom. The van der Waals surface area contributed by atoms with Crippen molar-refractivity contribution in [3.05, 3.63) is 88.8 Å². The van der Waals surface area contributed by atoms with E-state index in [4.69, 9.17) is 18.6 Å². The van der Waals surface area contributed by atoms with Crippen molar-refractivity contribution >= 4 is 39.9 Å². The molecular formula is C27H22FN3O7S2. The van der Waals surface area contributed by atoms with Crippen molar-refractivity contribution in [1.82, 2.24) is 10.2 Å². The highest BCUT2D eigenvalue weighted by Crippen LogP contribution is 2.48. The number of ketones is 1. The van der Waals surface area contributed by atoms with Gasteiger partial charge in [-0.25, -0.2) is 4.39 Å². The van der Waals surface area contributed by atoms with Gasteiger partial charge in [0.25, 0.3) is 5.91 Å². The Balaban J connectivity index is 1.56. The van der Waals surface area contributed by atoms with Crippen LogP contribution in [-0.2, 0) is 10.5 Å². The molecule has 0 aliphatic carbocycles. The van der Waals surface area contributed by atoms with Crippen molar-refractivity contribution in [3.63, 3.8) is 0 Å². The van der Waals surface area contributed by atoms with Crippen LogP contribution < -0.4 is 19.1 Å². The first kappa shape index (κ1) is 27.2. The van der Waals surface area contributed by atoms with Gasteiger partial charge in [-0.15, -0.1) is 10.2 Å². The van der Waals surface area contributed by atoms with E-state index in [9.17, 15) is 19.1 Å². The molecule has 4 aromatic rings. The van der Waals surface area contributed by atoms with Crippen molar-refractivity contribution in [2.24, 2.45) is 0 Å². The van der Waals surface area contributed by atoms with Gasteiger partial charge in [0.15, 0.2) is 27.4 Å². The number of carbonyl (C=O) groups excluding carboxylic acids is 2. The van der Waals surface area contributed by atoms with Gasteiger partial charge >= 0.3 is 0 Å². The predicted octanol–water partition coefficient (Wildman–Crippen LogP) is 5.37. The van der Waals surface area contributed by atoms with E-state index in [-0.39, 0.29) is 33.8 Å². The molecule has 0 fully saturated rings. The molecule has 1 unspecified atom stereocenters. The van der Waals surface area contributed by atoms with Crippen LogP contribution in [0.3, 0.4) is 0 Å². The molecule has 2 aromatic heterocycles. The number of hydrogen-bond acceptors (Lipinski definition) is 11. The minimum atomic E-state index is -1.12. The molecule has 1 aliphatic rings. The number of aromatic nitrogens is 2. The molecule has 13 heteroatoms. The molecular weight excluding hydrogens is 561 g/mol. The SMILES string of the molecule is COc1cc(C2C(C(=O)c3ccco3)=C(O)C(=O)N2c2nnc(SCc3ccc(F)cc3)s2)cc(OC)c1OC. The summed E-state index contributed by atoms with van der Waals surface area (Å²) in [6.45, 7) is 0. The molecule has 3 heterocycles. The summed E-state index contributed by atoms with van der Waals surface area (Å²) in [4.78, 5) is 28.2. The molecule has 0 saturated carbocycles. The number of aliphatic hydroxyl groups excluding tert-OH is 1. The van der Waals surface area contributed by atoms with Crippen LogP contribution in [0.5, 0.6) is 17.2 Å². The fourth-order valence-corrected chi connectivity index (χ4v) is 6.06. The van der Waals surface area contributed by atoms with Gasteiger partial charge in [-0.05, 0) is 47.5 Å². The Bertz CT molecular complexity index is 1560. The quantitative estimate of drug-likeness (QED) is 0.148. The third kappa shape index (κ3) is 5.00. The lowest BCUT2D eigenvalue weighted by Gasteiger charge is -2.25. The topological polar surface area (TPSA) is 124 Å². The van der Waals surface area contributed by atoms with Gasteiger partial charge in [0.1, 0.15) is 5.82 Å². The highest BCUT2D eigenvalue weighted by molar-refractivity contribution is 8.00. The highest BCUT2D eigenvalue weighted by atomic mass is 32.2. The normalized spacial score (nSPS) is 15.1. The van der Waals surface area contributed by atoms with Crippen LogP contribution in [0.2, 0.25) is 0 Å². The first-order valence-corrected chi connectivity index (χ1v) is 13.5. The second kappa shape index (κ2) is 11.4. The van der Waals surface area contributed by atoms with Crippen LogP contribution >= 0.6 is 23.1 Å². The average molecular weight is 584 g/mol. The first-order chi connectivity index (χ1) is 19.4. The summed E-state index contributed by atoms with van der Waals surface area (Å²) in [5.41, 5.74) is 1.06. The minimum Gasteiger partial charge on any atom is -0.503 e. The van der Waals surface area contributed by atoms with Crippen molar-refractivity contribution in [3.8, 4) is 17.2 Å². The van der Waals surface area contributed by atoms with Crippen LogP contribution in [0.25, 0.3) is 0 Å². The number of methoxy groups -OCH3 is 3. The molecule has 0 spiro atoms. The molecule has 1 aliphatic heterocycles. The van der Waals surface area contributed by atoms with Gasteiger partial charge in [0.2, 0.25) is 16.7 Å². The van der Waals surface area contributed by atoms with Crippen LogP contribution in [0, 0.1) is 5.82 Å². The van der Waals surface area contributed by atoms with Crippen molar-refractivity contribution in [1.29, 1.82) is 0 Å². The number of nitrogens with zero attached hydrogens (tertiary/aromatic N) is 3. The summed E-state index contributed by atoms with van der Waals surface area (Å²) in [5, 5.41) is 19.5. The van der Waals surface area contributed by atoms with E-state index >= 15 is 0 Å². The summed E-state index contributed by atoms with van der Waals surface area (Å²) in [5.74, 6) is -1.26. The van der Waals surface area contributed by atoms with Crippen LogP contribution in [0.15, 0.2) is 74.9 Å². The van der Waals surface area contributed by atoms with Crippen molar-refractivity contribution in [2.75, 3.05) is 26.2 Å². The maximum atomic E-state index is 13.5. The maximum Gasteiger partial charge on any atom is 0.296 e. The number of amides is 1. The summed E-state index contributed by atoms with van der Waals surface area (Å²) >= 11 is 2.46. The number of rotatable bonds is 10. The zero-order chi connectivity index (χ0) is 28.4. The van der Waals surface area contributed by atoms with Crippen LogP contribution in [0.1, 0.15) is 27.7 Å². The Hall–Kier alpha value is -4.36. The molecule has 5 rings (SSSR count).